The number of carbonyl (C=O) groups is 2. The number of nitrogens with one attached hydrogen (secondary N) is 2. The number of hydrogen-bond acceptors (Lipinski definition) is 4. The van der Waals surface area contributed by atoms with E-state index in [1.807, 2.05) is 18.2 Å². The third kappa shape index (κ3) is 5.31. The Morgan fingerprint density at radius 3 is 2.63 bits per heavy atom. The minimum absolute atomic E-state index is 0.0648. The predicted molar refractivity (Wildman–Crippen MR) is 103 cm³/mol. The van der Waals surface area contributed by atoms with Crippen LogP contribution in [0.3, 0.4) is 0 Å². The summed E-state index contributed by atoms with van der Waals surface area (Å²) in [7, 11) is 0. The second-order valence-electron chi connectivity index (χ2n) is 6.45. The van der Waals surface area contributed by atoms with Crippen molar-refractivity contribution in [2.24, 2.45) is 0 Å². The van der Waals surface area contributed by atoms with Gasteiger partial charge in [-0.2, -0.15) is 0 Å². The minimum Gasteiger partial charge on any atom is -0.481 e. The minimum atomic E-state index is -0.699. The molecular formula is C21H24N2O4. The molecule has 2 N–H and O–H groups in total. The van der Waals surface area contributed by atoms with Crippen LogP contribution < -0.4 is 15.4 Å². The van der Waals surface area contributed by atoms with E-state index in [-0.39, 0.29) is 17.9 Å². The summed E-state index contributed by atoms with van der Waals surface area (Å²) in [6.07, 6.45) is 1.34. The third-order valence-electron chi connectivity index (χ3n) is 4.37. The van der Waals surface area contributed by atoms with Gasteiger partial charge in [-0.05, 0) is 44.0 Å². The van der Waals surface area contributed by atoms with Crippen molar-refractivity contribution in [2.75, 3.05) is 18.5 Å². The summed E-state index contributed by atoms with van der Waals surface area (Å²) >= 11 is 0. The molecular weight excluding hydrogens is 344 g/mol. The number of rotatable bonds is 7. The van der Waals surface area contributed by atoms with Gasteiger partial charge >= 0.3 is 0 Å². The maximum absolute atomic E-state index is 12.5. The summed E-state index contributed by atoms with van der Waals surface area (Å²) in [6.45, 7) is 2.88. The molecule has 6 heteroatoms. The van der Waals surface area contributed by atoms with Crippen molar-refractivity contribution >= 4 is 17.5 Å². The standard InChI is InChI=1S/C21H24N2O4/c1-15(27-16-8-3-2-4-9-16)20(24)23-19-12-6-5-11-18(19)21(25)22-14-17-10-7-13-26-17/h2-6,8-9,11-12,15,17H,7,10,13-14H2,1H3,(H,22,25)(H,23,24)/t15-,17-/m0/s1. The maximum Gasteiger partial charge on any atom is 0.265 e. The first kappa shape index (κ1) is 18.9. The van der Waals surface area contributed by atoms with Crippen LogP contribution in [0.4, 0.5) is 5.69 Å². The molecule has 1 fully saturated rings. The SMILES string of the molecule is C[C@H](Oc1ccccc1)C(=O)Nc1ccccc1C(=O)NC[C@@H]1CCCO1. The summed E-state index contributed by atoms with van der Waals surface area (Å²) in [5, 5.41) is 5.66. The average Bonchev–Trinajstić information content (AvgIpc) is 3.21. The first-order valence-electron chi connectivity index (χ1n) is 9.15. The van der Waals surface area contributed by atoms with Crippen molar-refractivity contribution < 1.29 is 19.1 Å². The van der Waals surface area contributed by atoms with Crippen LogP contribution in [-0.2, 0) is 9.53 Å². The quantitative estimate of drug-likeness (QED) is 0.788. The maximum atomic E-state index is 12.5. The van der Waals surface area contributed by atoms with Crippen molar-refractivity contribution in [1.29, 1.82) is 0 Å². The second kappa shape index (κ2) is 9.19. The molecule has 6 nitrogen and oxygen atoms in total. The fourth-order valence-electron chi connectivity index (χ4n) is 2.89. The summed E-state index contributed by atoms with van der Waals surface area (Å²) < 4.78 is 11.2. The van der Waals surface area contributed by atoms with Crippen LogP contribution in [0.25, 0.3) is 0 Å². The Balaban J connectivity index is 1.60. The van der Waals surface area contributed by atoms with E-state index in [2.05, 4.69) is 10.6 Å². The molecule has 1 heterocycles. The molecule has 3 rings (SSSR count). The van der Waals surface area contributed by atoms with Crippen LogP contribution in [-0.4, -0.2) is 37.2 Å². The third-order valence-corrected chi connectivity index (χ3v) is 4.37. The molecule has 1 aliphatic heterocycles. The second-order valence-corrected chi connectivity index (χ2v) is 6.45. The van der Waals surface area contributed by atoms with Crippen LogP contribution in [0, 0.1) is 0 Å². The van der Waals surface area contributed by atoms with Gasteiger partial charge in [-0.1, -0.05) is 30.3 Å². The first-order valence-corrected chi connectivity index (χ1v) is 9.15. The highest BCUT2D eigenvalue weighted by molar-refractivity contribution is 6.04. The molecule has 0 aromatic heterocycles. The lowest BCUT2D eigenvalue weighted by atomic mass is 10.1. The van der Waals surface area contributed by atoms with Crippen LogP contribution in [0.2, 0.25) is 0 Å². The summed E-state index contributed by atoms with van der Waals surface area (Å²) in [6, 6.07) is 16.1. The van der Waals surface area contributed by atoms with Gasteiger partial charge in [-0.15, -0.1) is 0 Å². The molecule has 1 aliphatic rings. The number of amides is 2. The van der Waals surface area contributed by atoms with Crippen LogP contribution >= 0.6 is 0 Å². The number of carbonyl (C=O) groups excluding carboxylic acids is 2. The van der Waals surface area contributed by atoms with Crippen LogP contribution in [0.5, 0.6) is 5.75 Å². The van der Waals surface area contributed by atoms with Crippen molar-refractivity contribution in [3.05, 3.63) is 60.2 Å². The van der Waals surface area contributed by atoms with Gasteiger partial charge in [-0.3, -0.25) is 9.59 Å². The fourth-order valence-corrected chi connectivity index (χ4v) is 2.89. The highest BCUT2D eigenvalue weighted by Gasteiger charge is 2.20. The lowest BCUT2D eigenvalue weighted by Crippen LogP contribution is -2.34. The molecule has 2 amide bonds. The van der Waals surface area contributed by atoms with Gasteiger partial charge in [0.1, 0.15) is 5.75 Å². The molecule has 2 aromatic carbocycles. The summed E-state index contributed by atoms with van der Waals surface area (Å²) in [5.74, 6) is 0.0546. The van der Waals surface area contributed by atoms with E-state index < -0.39 is 6.10 Å². The van der Waals surface area contributed by atoms with Gasteiger partial charge in [0.05, 0.1) is 17.4 Å². The molecule has 2 aromatic rings. The van der Waals surface area contributed by atoms with Crippen LogP contribution in [0.15, 0.2) is 54.6 Å². The Morgan fingerprint density at radius 2 is 1.89 bits per heavy atom. The van der Waals surface area contributed by atoms with Gasteiger partial charge in [0.2, 0.25) is 0 Å². The van der Waals surface area contributed by atoms with E-state index >= 15 is 0 Å². The van der Waals surface area contributed by atoms with Gasteiger partial charge in [-0.25, -0.2) is 0 Å². The lowest BCUT2D eigenvalue weighted by molar-refractivity contribution is -0.122. The van der Waals surface area contributed by atoms with E-state index in [9.17, 15) is 9.59 Å². The van der Waals surface area contributed by atoms with Gasteiger partial charge < -0.3 is 20.1 Å². The molecule has 0 bridgehead atoms. The zero-order valence-corrected chi connectivity index (χ0v) is 15.3. The Morgan fingerprint density at radius 1 is 1.15 bits per heavy atom. The average molecular weight is 368 g/mol. The van der Waals surface area contributed by atoms with E-state index in [1.54, 1.807) is 43.3 Å². The number of anilines is 1. The zero-order valence-electron chi connectivity index (χ0n) is 15.3. The predicted octanol–water partition coefficient (Wildman–Crippen LogP) is 3.00. The number of benzene rings is 2. The van der Waals surface area contributed by atoms with E-state index in [0.29, 0.717) is 23.5 Å². The Labute approximate surface area is 158 Å². The zero-order chi connectivity index (χ0) is 19.1. The number of hydrogen-bond donors (Lipinski definition) is 2. The van der Waals surface area contributed by atoms with Gasteiger partial charge in [0.15, 0.2) is 6.10 Å². The van der Waals surface area contributed by atoms with Crippen molar-refractivity contribution in [2.45, 2.75) is 32.0 Å². The van der Waals surface area contributed by atoms with Crippen LogP contribution in [0.1, 0.15) is 30.1 Å². The lowest BCUT2D eigenvalue weighted by Gasteiger charge is -2.17. The van der Waals surface area contributed by atoms with E-state index in [4.69, 9.17) is 9.47 Å². The van der Waals surface area contributed by atoms with Gasteiger partial charge in [0.25, 0.3) is 11.8 Å². The highest BCUT2D eigenvalue weighted by Crippen LogP contribution is 2.17. The van der Waals surface area contributed by atoms with Crippen molar-refractivity contribution in [1.82, 2.24) is 5.32 Å². The number of ether oxygens (including phenoxy) is 2. The smallest absolute Gasteiger partial charge is 0.265 e. The van der Waals surface area contributed by atoms with Gasteiger partial charge in [0, 0.05) is 13.2 Å². The molecule has 0 unspecified atom stereocenters. The van der Waals surface area contributed by atoms with E-state index in [1.165, 1.54) is 0 Å². The molecule has 0 radical (unpaired) electrons. The van der Waals surface area contributed by atoms with E-state index in [0.717, 1.165) is 19.4 Å². The molecule has 1 saturated heterocycles. The Hall–Kier alpha value is -2.86. The monoisotopic (exact) mass is 368 g/mol. The Bertz CT molecular complexity index is 773. The fraction of sp³-hybridized carbons (Fsp3) is 0.333. The summed E-state index contributed by atoms with van der Waals surface area (Å²) in [5.41, 5.74) is 0.867. The highest BCUT2D eigenvalue weighted by atomic mass is 16.5. The molecule has 0 aliphatic carbocycles. The molecule has 0 saturated carbocycles. The molecule has 142 valence electrons. The molecule has 27 heavy (non-hydrogen) atoms. The van der Waals surface area contributed by atoms with Crippen molar-refractivity contribution in [3.8, 4) is 5.75 Å². The molecule has 2 atom stereocenters. The topological polar surface area (TPSA) is 76.7 Å². The normalized spacial score (nSPS) is 17.1. The molecule has 0 spiro atoms. The first-order chi connectivity index (χ1) is 13.1. The largest absolute Gasteiger partial charge is 0.481 e. The Kier molecular flexibility index (Phi) is 6.44. The van der Waals surface area contributed by atoms with Crippen molar-refractivity contribution in [3.63, 3.8) is 0 Å². The summed E-state index contributed by atoms with van der Waals surface area (Å²) in [4.78, 5) is 25.0. The number of para-hydroxylation sites is 2.